The van der Waals surface area contributed by atoms with E-state index in [0.29, 0.717) is 5.75 Å². The largest absolute Gasteiger partial charge is 0.496 e. The predicted molar refractivity (Wildman–Crippen MR) is 58.0 cm³/mol. The van der Waals surface area contributed by atoms with Crippen LogP contribution in [0.2, 0.25) is 0 Å². The third kappa shape index (κ3) is 1.63. The van der Waals surface area contributed by atoms with Gasteiger partial charge in [-0.2, -0.15) is 5.90 Å². The maximum Gasteiger partial charge on any atom is 0.154 e. The second-order valence-corrected chi connectivity index (χ2v) is 2.62. The molecule has 0 bridgehead atoms. The van der Waals surface area contributed by atoms with Gasteiger partial charge in [-0.05, 0) is 12.1 Å². The van der Waals surface area contributed by atoms with E-state index in [1.54, 1.807) is 31.4 Å². The van der Waals surface area contributed by atoms with Crippen LogP contribution in [0.1, 0.15) is 11.1 Å². The quantitative estimate of drug-likeness (QED) is 0.742. The fourth-order valence-electron chi connectivity index (χ4n) is 1.30. The fraction of sp³-hybridized carbons (Fsp3) is 0.0909. The van der Waals surface area contributed by atoms with Crippen molar-refractivity contribution in [1.29, 1.82) is 0 Å². The van der Waals surface area contributed by atoms with Crippen LogP contribution >= 0.6 is 0 Å². The van der Waals surface area contributed by atoms with E-state index in [1.165, 1.54) is 0 Å². The third-order valence-corrected chi connectivity index (χ3v) is 1.96. The van der Waals surface area contributed by atoms with Crippen molar-refractivity contribution >= 4 is 12.2 Å². The summed E-state index contributed by atoms with van der Waals surface area (Å²) < 4.78 is 5.16. The molecule has 0 spiro atoms. The van der Waals surface area contributed by atoms with Gasteiger partial charge in [-0.3, -0.25) is 0 Å². The van der Waals surface area contributed by atoms with Crippen LogP contribution < -0.4 is 15.5 Å². The molecule has 1 rings (SSSR count). The van der Waals surface area contributed by atoms with Crippen LogP contribution in [0, 0.1) is 0 Å². The minimum atomic E-state index is 0.552. The van der Waals surface area contributed by atoms with Gasteiger partial charge in [0.15, 0.2) is 5.75 Å². The van der Waals surface area contributed by atoms with Crippen molar-refractivity contribution < 1.29 is 9.57 Å². The van der Waals surface area contributed by atoms with E-state index in [9.17, 15) is 0 Å². The Kier molecular flexibility index (Phi) is 3.31. The number of nitrogens with two attached hydrogens (primary N) is 1. The van der Waals surface area contributed by atoms with E-state index in [-0.39, 0.29) is 0 Å². The summed E-state index contributed by atoms with van der Waals surface area (Å²) in [5.74, 6) is 6.39. The molecule has 1 aromatic carbocycles. The van der Waals surface area contributed by atoms with Crippen molar-refractivity contribution in [1.82, 2.24) is 0 Å². The molecule has 0 aliphatic heterocycles. The highest BCUT2D eigenvalue weighted by Crippen LogP contribution is 2.31. The summed E-state index contributed by atoms with van der Waals surface area (Å²) in [6, 6.07) is 3.50. The molecule has 0 amide bonds. The SMILES string of the molecule is C=Cc1c(OC)ccc(ON)c1C=C. The van der Waals surface area contributed by atoms with Gasteiger partial charge in [0.2, 0.25) is 0 Å². The van der Waals surface area contributed by atoms with Gasteiger partial charge in [0.1, 0.15) is 5.75 Å². The minimum Gasteiger partial charge on any atom is -0.496 e. The summed E-state index contributed by atoms with van der Waals surface area (Å²) in [5, 5.41) is 0. The zero-order chi connectivity index (χ0) is 10.6. The van der Waals surface area contributed by atoms with Crippen molar-refractivity contribution in [2.45, 2.75) is 0 Å². The van der Waals surface area contributed by atoms with Gasteiger partial charge in [-0.15, -0.1) is 0 Å². The van der Waals surface area contributed by atoms with E-state index in [4.69, 9.17) is 15.5 Å². The number of hydrogen-bond acceptors (Lipinski definition) is 3. The first-order valence-electron chi connectivity index (χ1n) is 4.11. The number of rotatable bonds is 4. The van der Waals surface area contributed by atoms with Gasteiger partial charge in [0.25, 0.3) is 0 Å². The molecule has 0 saturated heterocycles. The van der Waals surface area contributed by atoms with Gasteiger partial charge >= 0.3 is 0 Å². The number of methoxy groups -OCH3 is 1. The van der Waals surface area contributed by atoms with E-state index < -0.39 is 0 Å². The summed E-state index contributed by atoms with van der Waals surface area (Å²) >= 11 is 0. The molecule has 1 aromatic rings. The standard InChI is InChI=1S/C11H13NO2/c1-4-8-9(5-2)11(14-12)7-6-10(8)13-3/h4-7H,1-2,12H2,3H3. The molecule has 3 nitrogen and oxygen atoms in total. The highest BCUT2D eigenvalue weighted by molar-refractivity contribution is 5.73. The van der Waals surface area contributed by atoms with Crippen LogP contribution in [0.15, 0.2) is 25.3 Å². The van der Waals surface area contributed by atoms with Crippen molar-refractivity contribution in [2.24, 2.45) is 5.90 Å². The summed E-state index contributed by atoms with van der Waals surface area (Å²) in [6.07, 6.45) is 3.33. The Labute approximate surface area is 83.4 Å². The lowest BCUT2D eigenvalue weighted by molar-refractivity contribution is 0.332. The fourth-order valence-corrected chi connectivity index (χ4v) is 1.30. The average Bonchev–Trinajstić information content (AvgIpc) is 2.26. The second-order valence-electron chi connectivity index (χ2n) is 2.62. The van der Waals surface area contributed by atoms with Crippen LogP contribution in [0.4, 0.5) is 0 Å². The first-order valence-corrected chi connectivity index (χ1v) is 4.11. The van der Waals surface area contributed by atoms with E-state index in [0.717, 1.165) is 16.9 Å². The van der Waals surface area contributed by atoms with E-state index in [2.05, 4.69) is 13.2 Å². The lowest BCUT2D eigenvalue weighted by Crippen LogP contribution is -2.04. The average molecular weight is 191 g/mol. The zero-order valence-electron chi connectivity index (χ0n) is 8.12. The lowest BCUT2D eigenvalue weighted by Gasteiger charge is -2.11. The summed E-state index contributed by atoms with van der Waals surface area (Å²) in [6.45, 7) is 7.38. The predicted octanol–water partition coefficient (Wildman–Crippen LogP) is 2.23. The Hall–Kier alpha value is -1.74. The Bertz CT molecular complexity index is 324. The summed E-state index contributed by atoms with van der Waals surface area (Å²) in [7, 11) is 1.60. The van der Waals surface area contributed by atoms with Gasteiger partial charge in [-0.1, -0.05) is 25.3 Å². The summed E-state index contributed by atoms with van der Waals surface area (Å²) in [5.41, 5.74) is 1.60. The van der Waals surface area contributed by atoms with Crippen molar-refractivity contribution in [3.63, 3.8) is 0 Å². The number of hydrogen-bond donors (Lipinski definition) is 1. The van der Waals surface area contributed by atoms with Crippen molar-refractivity contribution in [3.05, 3.63) is 36.4 Å². The molecule has 0 fully saturated rings. The minimum absolute atomic E-state index is 0.552. The van der Waals surface area contributed by atoms with E-state index >= 15 is 0 Å². The molecule has 0 radical (unpaired) electrons. The Balaban J connectivity index is 3.43. The van der Waals surface area contributed by atoms with Crippen molar-refractivity contribution in [2.75, 3.05) is 7.11 Å². The Morgan fingerprint density at radius 3 is 2.07 bits per heavy atom. The molecular formula is C11H13NO2. The maximum atomic E-state index is 5.16. The number of ether oxygens (including phenoxy) is 1. The molecule has 0 heterocycles. The molecule has 14 heavy (non-hydrogen) atoms. The third-order valence-electron chi connectivity index (χ3n) is 1.96. The van der Waals surface area contributed by atoms with E-state index in [1.807, 2.05) is 0 Å². The normalized spacial score (nSPS) is 9.29. The van der Waals surface area contributed by atoms with Gasteiger partial charge in [0.05, 0.1) is 7.11 Å². The van der Waals surface area contributed by atoms with Crippen LogP contribution in [0.5, 0.6) is 11.5 Å². The first kappa shape index (κ1) is 10.3. The molecule has 0 saturated carbocycles. The molecule has 0 aliphatic rings. The van der Waals surface area contributed by atoms with Crippen LogP contribution in [0.3, 0.4) is 0 Å². The molecule has 0 unspecified atom stereocenters. The van der Waals surface area contributed by atoms with Crippen LogP contribution in [-0.2, 0) is 0 Å². The highest BCUT2D eigenvalue weighted by Gasteiger charge is 2.09. The molecule has 0 aliphatic carbocycles. The molecule has 3 heteroatoms. The maximum absolute atomic E-state index is 5.16. The highest BCUT2D eigenvalue weighted by atomic mass is 16.6. The lowest BCUT2D eigenvalue weighted by atomic mass is 10.1. The zero-order valence-corrected chi connectivity index (χ0v) is 8.12. The van der Waals surface area contributed by atoms with Gasteiger partial charge in [0, 0.05) is 11.1 Å². The van der Waals surface area contributed by atoms with Gasteiger partial charge < -0.3 is 9.57 Å². The molecule has 74 valence electrons. The number of benzene rings is 1. The van der Waals surface area contributed by atoms with Gasteiger partial charge in [-0.25, -0.2) is 0 Å². The summed E-state index contributed by atoms with van der Waals surface area (Å²) in [4.78, 5) is 4.70. The Morgan fingerprint density at radius 1 is 1.14 bits per heavy atom. The molecule has 0 atom stereocenters. The Morgan fingerprint density at radius 2 is 1.64 bits per heavy atom. The van der Waals surface area contributed by atoms with Crippen LogP contribution in [-0.4, -0.2) is 7.11 Å². The smallest absolute Gasteiger partial charge is 0.154 e. The molecule has 2 N–H and O–H groups in total. The molecule has 0 aromatic heterocycles. The monoisotopic (exact) mass is 191 g/mol. The van der Waals surface area contributed by atoms with Crippen molar-refractivity contribution in [3.8, 4) is 11.5 Å². The molecular weight excluding hydrogens is 178 g/mol. The first-order chi connectivity index (χ1) is 6.78. The topological polar surface area (TPSA) is 44.5 Å². The second kappa shape index (κ2) is 4.48. The van der Waals surface area contributed by atoms with Crippen LogP contribution in [0.25, 0.3) is 12.2 Å².